The predicted octanol–water partition coefficient (Wildman–Crippen LogP) is 1.49. The van der Waals surface area contributed by atoms with Gasteiger partial charge in [0.25, 0.3) is 0 Å². The number of benzene rings is 1. The van der Waals surface area contributed by atoms with Gasteiger partial charge in [0.05, 0.1) is 0 Å². The van der Waals surface area contributed by atoms with Crippen LogP contribution in [0.3, 0.4) is 0 Å². The summed E-state index contributed by atoms with van der Waals surface area (Å²) in [5.41, 5.74) is 1.24. The Morgan fingerprint density at radius 2 is 2.00 bits per heavy atom. The van der Waals surface area contributed by atoms with Crippen molar-refractivity contribution in [3.05, 3.63) is 48.2 Å². The van der Waals surface area contributed by atoms with E-state index < -0.39 is 0 Å². The minimum absolute atomic E-state index is 0.654. The van der Waals surface area contributed by atoms with Gasteiger partial charge in [0.2, 0.25) is 6.41 Å². The molecule has 0 bridgehead atoms. The summed E-state index contributed by atoms with van der Waals surface area (Å²) in [7, 11) is 0. The average Bonchev–Trinajstić information content (AvgIpc) is 2.14. The zero-order valence-corrected chi connectivity index (χ0v) is 6.73. The molecular weight excluding hydrogens is 150 g/mol. The van der Waals surface area contributed by atoms with E-state index in [9.17, 15) is 4.79 Å². The predicted molar refractivity (Wildman–Crippen MR) is 48.5 cm³/mol. The van der Waals surface area contributed by atoms with Gasteiger partial charge in [-0.1, -0.05) is 36.4 Å². The number of amides is 1. The topological polar surface area (TPSA) is 29.1 Å². The fraction of sp³-hybridized carbons (Fsp3) is 0.100. The highest BCUT2D eigenvalue weighted by molar-refractivity contribution is 5.47. The molecular formula is C10H11NO. The highest BCUT2D eigenvalue weighted by Crippen LogP contribution is 1.99. The second-order valence-corrected chi connectivity index (χ2v) is 2.38. The molecule has 0 fully saturated rings. The molecule has 0 aromatic heterocycles. The monoisotopic (exact) mass is 161 g/mol. The van der Waals surface area contributed by atoms with Crippen LogP contribution in [0.4, 0.5) is 0 Å². The molecule has 0 atom stereocenters. The molecule has 62 valence electrons. The van der Waals surface area contributed by atoms with Gasteiger partial charge in [-0.05, 0) is 18.2 Å². The molecule has 2 heteroatoms. The van der Waals surface area contributed by atoms with Crippen LogP contribution in [0.2, 0.25) is 0 Å². The number of carbonyl (C=O) groups excluding carboxylic acids is 1. The van der Waals surface area contributed by atoms with Gasteiger partial charge in [0, 0.05) is 0 Å². The van der Waals surface area contributed by atoms with E-state index in [0.717, 1.165) is 6.42 Å². The van der Waals surface area contributed by atoms with E-state index in [4.69, 9.17) is 0 Å². The minimum atomic E-state index is 0.654. The van der Waals surface area contributed by atoms with Crippen LogP contribution in [0.5, 0.6) is 0 Å². The summed E-state index contributed by atoms with van der Waals surface area (Å²) in [6.07, 6.45) is 5.05. The lowest BCUT2D eigenvalue weighted by atomic mass is 10.1. The van der Waals surface area contributed by atoms with Crippen molar-refractivity contribution in [2.24, 2.45) is 0 Å². The van der Waals surface area contributed by atoms with Crippen LogP contribution in [0, 0.1) is 0 Å². The number of nitrogens with one attached hydrogen (secondary N) is 1. The molecule has 2 nitrogen and oxygen atoms in total. The Balaban J connectivity index is 2.38. The fourth-order valence-electron chi connectivity index (χ4n) is 0.916. The molecule has 0 aliphatic rings. The first-order chi connectivity index (χ1) is 5.93. The summed E-state index contributed by atoms with van der Waals surface area (Å²) in [5, 5.41) is 2.46. The first kappa shape index (κ1) is 8.53. The highest BCUT2D eigenvalue weighted by Gasteiger charge is 1.84. The van der Waals surface area contributed by atoms with Crippen molar-refractivity contribution >= 4 is 6.41 Å². The van der Waals surface area contributed by atoms with Crippen molar-refractivity contribution in [3.63, 3.8) is 0 Å². The van der Waals surface area contributed by atoms with Gasteiger partial charge in [0.15, 0.2) is 0 Å². The summed E-state index contributed by atoms with van der Waals surface area (Å²) in [4.78, 5) is 9.85. The van der Waals surface area contributed by atoms with Gasteiger partial charge >= 0.3 is 0 Å². The second-order valence-electron chi connectivity index (χ2n) is 2.38. The zero-order valence-electron chi connectivity index (χ0n) is 6.73. The van der Waals surface area contributed by atoms with Crippen molar-refractivity contribution in [1.82, 2.24) is 5.32 Å². The normalized spacial score (nSPS) is 10.0. The third kappa shape index (κ3) is 3.01. The van der Waals surface area contributed by atoms with Gasteiger partial charge in [-0.3, -0.25) is 4.79 Å². The van der Waals surface area contributed by atoms with Crippen LogP contribution < -0.4 is 5.32 Å². The summed E-state index contributed by atoms with van der Waals surface area (Å²) in [6, 6.07) is 10.1. The molecule has 1 N–H and O–H groups in total. The molecule has 0 spiro atoms. The lowest BCUT2D eigenvalue weighted by Gasteiger charge is -1.93. The smallest absolute Gasteiger partial charge is 0.211 e. The largest absolute Gasteiger partial charge is 0.336 e. The fourth-order valence-corrected chi connectivity index (χ4v) is 0.916. The molecule has 0 radical (unpaired) electrons. The van der Waals surface area contributed by atoms with Crippen molar-refractivity contribution < 1.29 is 4.79 Å². The third-order valence-corrected chi connectivity index (χ3v) is 1.48. The molecule has 0 aliphatic heterocycles. The Bertz CT molecular complexity index is 254. The van der Waals surface area contributed by atoms with Gasteiger partial charge in [-0.2, -0.15) is 0 Å². The number of hydrogen-bond donors (Lipinski definition) is 1. The lowest BCUT2D eigenvalue weighted by molar-refractivity contribution is -0.108. The Morgan fingerprint density at radius 3 is 2.67 bits per heavy atom. The minimum Gasteiger partial charge on any atom is -0.336 e. The van der Waals surface area contributed by atoms with Crippen LogP contribution in [-0.4, -0.2) is 6.41 Å². The van der Waals surface area contributed by atoms with E-state index in [0.29, 0.717) is 6.41 Å². The SMILES string of the molecule is O=CNC=CCc1ccccc1. The molecule has 1 aromatic carbocycles. The maximum Gasteiger partial charge on any atom is 0.211 e. The van der Waals surface area contributed by atoms with Gasteiger partial charge < -0.3 is 5.32 Å². The summed E-state index contributed by atoms with van der Waals surface area (Å²) >= 11 is 0. The number of carbonyl (C=O) groups is 1. The molecule has 1 aromatic rings. The van der Waals surface area contributed by atoms with Crippen molar-refractivity contribution in [1.29, 1.82) is 0 Å². The van der Waals surface area contributed by atoms with Crippen LogP contribution in [0.15, 0.2) is 42.6 Å². The number of rotatable bonds is 4. The maximum atomic E-state index is 9.85. The maximum absolute atomic E-state index is 9.85. The Labute approximate surface area is 71.9 Å². The highest BCUT2D eigenvalue weighted by atomic mass is 16.1. The molecule has 0 heterocycles. The molecule has 12 heavy (non-hydrogen) atoms. The van der Waals surface area contributed by atoms with Crippen LogP contribution in [0.1, 0.15) is 5.56 Å². The molecule has 1 rings (SSSR count). The first-order valence-electron chi connectivity index (χ1n) is 3.82. The van der Waals surface area contributed by atoms with E-state index >= 15 is 0 Å². The zero-order chi connectivity index (χ0) is 8.65. The Kier molecular flexibility index (Phi) is 3.64. The first-order valence-corrected chi connectivity index (χ1v) is 3.82. The molecule has 0 saturated carbocycles. The van der Waals surface area contributed by atoms with E-state index in [1.165, 1.54) is 5.56 Å². The van der Waals surface area contributed by atoms with Gasteiger partial charge in [0.1, 0.15) is 0 Å². The molecule has 0 aliphatic carbocycles. The third-order valence-electron chi connectivity index (χ3n) is 1.48. The Hall–Kier alpha value is -1.57. The summed E-state index contributed by atoms with van der Waals surface area (Å²) in [6.45, 7) is 0. The molecule has 0 saturated heterocycles. The lowest BCUT2D eigenvalue weighted by Crippen LogP contribution is -1.98. The standard InChI is InChI=1S/C10H11NO/c12-9-11-8-4-7-10-5-2-1-3-6-10/h1-6,8-9H,7H2,(H,11,12). The van der Waals surface area contributed by atoms with Gasteiger partial charge in [-0.15, -0.1) is 0 Å². The van der Waals surface area contributed by atoms with E-state index in [1.54, 1.807) is 6.20 Å². The summed E-state index contributed by atoms with van der Waals surface area (Å²) < 4.78 is 0. The van der Waals surface area contributed by atoms with Crippen LogP contribution in [0.25, 0.3) is 0 Å². The van der Waals surface area contributed by atoms with Crippen molar-refractivity contribution in [2.75, 3.05) is 0 Å². The number of hydrogen-bond acceptors (Lipinski definition) is 1. The second kappa shape index (κ2) is 5.13. The quantitative estimate of drug-likeness (QED) is 0.666. The van der Waals surface area contributed by atoms with Crippen molar-refractivity contribution in [3.8, 4) is 0 Å². The molecule has 1 amide bonds. The molecule has 0 unspecified atom stereocenters. The van der Waals surface area contributed by atoms with Crippen molar-refractivity contribution in [2.45, 2.75) is 6.42 Å². The van der Waals surface area contributed by atoms with Crippen LogP contribution >= 0.6 is 0 Å². The van der Waals surface area contributed by atoms with Gasteiger partial charge in [-0.25, -0.2) is 0 Å². The van der Waals surface area contributed by atoms with E-state index in [1.807, 2.05) is 36.4 Å². The summed E-state index contributed by atoms with van der Waals surface area (Å²) in [5.74, 6) is 0. The Morgan fingerprint density at radius 1 is 1.25 bits per heavy atom. The van der Waals surface area contributed by atoms with Crippen LogP contribution in [-0.2, 0) is 11.2 Å². The number of allylic oxidation sites excluding steroid dienone is 1. The average molecular weight is 161 g/mol. The van der Waals surface area contributed by atoms with E-state index in [2.05, 4.69) is 5.32 Å². The van der Waals surface area contributed by atoms with E-state index in [-0.39, 0.29) is 0 Å².